The zero-order valence-electron chi connectivity index (χ0n) is 13.6. The summed E-state index contributed by atoms with van der Waals surface area (Å²) in [7, 11) is 1.25. The summed E-state index contributed by atoms with van der Waals surface area (Å²) in [6.45, 7) is 3.52. The number of ether oxygens (including phenoxy) is 2. The highest BCUT2D eigenvalue weighted by Crippen LogP contribution is 2.54. The number of alkyl halides is 3. The topological polar surface area (TPSA) is 55.8 Å². The highest BCUT2D eigenvalue weighted by Gasteiger charge is 2.66. The van der Waals surface area contributed by atoms with E-state index in [2.05, 4.69) is 0 Å². The van der Waals surface area contributed by atoms with Gasteiger partial charge in [-0.2, -0.15) is 13.2 Å². The zero-order valence-corrected chi connectivity index (χ0v) is 13.6. The van der Waals surface area contributed by atoms with Crippen LogP contribution in [0.4, 0.5) is 17.6 Å². The summed E-state index contributed by atoms with van der Waals surface area (Å²) in [4.78, 5) is 11.5. The van der Waals surface area contributed by atoms with E-state index in [1.165, 1.54) is 27.0 Å². The molecule has 4 nitrogen and oxygen atoms in total. The fourth-order valence-electron chi connectivity index (χ4n) is 3.23. The van der Waals surface area contributed by atoms with E-state index in [1.54, 1.807) is 0 Å². The molecule has 0 aromatic heterocycles. The third-order valence-electron chi connectivity index (χ3n) is 4.85. The lowest BCUT2D eigenvalue weighted by Gasteiger charge is -2.32. The Labute approximate surface area is 136 Å². The van der Waals surface area contributed by atoms with Gasteiger partial charge in [0.05, 0.1) is 7.11 Å². The Hall–Kier alpha value is -1.83. The van der Waals surface area contributed by atoms with E-state index in [4.69, 9.17) is 9.47 Å². The second-order valence-electron chi connectivity index (χ2n) is 6.09. The second-order valence-corrected chi connectivity index (χ2v) is 6.09. The fraction of sp³-hybridized carbons (Fsp3) is 0.562. The van der Waals surface area contributed by atoms with Gasteiger partial charge in [0, 0.05) is 23.0 Å². The van der Waals surface area contributed by atoms with Crippen LogP contribution >= 0.6 is 0 Å². The first-order valence-electron chi connectivity index (χ1n) is 7.26. The van der Waals surface area contributed by atoms with Crippen molar-refractivity contribution in [3.8, 4) is 5.75 Å². The molecule has 0 spiro atoms. The van der Waals surface area contributed by atoms with Crippen LogP contribution in [0.5, 0.6) is 5.75 Å². The van der Waals surface area contributed by atoms with Crippen molar-refractivity contribution in [2.24, 2.45) is 5.92 Å². The van der Waals surface area contributed by atoms with E-state index in [0.717, 1.165) is 13.0 Å². The molecule has 0 bridgehead atoms. The van der Waals surface area contributed by atoms with E-state index in [1.807, 2.05) is 0 Å². The molecule has 1 N–H and O–H groups in total. The van der Waals surface area contributed by atoms with Gasteiger partial charge < -0.3 is 14.6 Å². The van der Waals surface area contributed by atoms with Gasteiger partial charge in [-0.1, -0.05) is 13.0 Å². The molecule has 0 saturated carbocycles. The van der Waals surface area contributed by atoms with Crippen LogP contribution in [0.1, 0.15) is 30.9 Å². The van der Waals surface area contributed by atoms with E-state index in [9.17, 15) is 27.5 Å². The normalized spacial score (nSPS) is 30.4. The molecule has 1 aliphatic heterocycles. The molecule has 0 radical (unpaired) electrons. The summed E-state index contributed by atoms with van der Waals surface area (Å²) < 4.78 is 64.1. The summed E-state index contributed by atoms with van der Waals surface area (Å²) in [5, 5.41) is 9.34. The standard InChI is InChI=1S/C16H18F4O4/c1-7-10(17)6-5-9(12(7)23-4)11-8(2)15(3,16(18,19)20)24-13(11)14(21)22/h5-6,8,11,13H,1-4H3,(H,21,22)/t8-,11-,13-,15+/m0/s1. The number of aliphatic carboxylic acids is 1. The molecule has 1 fully saturated rings. The molecule has 24 heavy (non-hydrogen) atoms. The van der Waals surface area contributed by atoms with Gasteiger partial charge >= 0.3 is 12.1 Å². The Bertz CT molecular complexity index is 658. The molecular formula is C16H18F4O4. The molecule has 4 atom stereocenters. The van der Waals surface area contributed by atoms with Gasteiger partial charge in [0.2, 0.25) is 0 Å². The van der Waals surface area contributed by atoms with Crippen molar-refractivity contribution in [1.29, 1.82) is 0 Å². The Morgan fingerprint density at radius 1 is 1.38 bits per heavy atom. The van der Waals surface area contributed by atoms with E-state index in [0.29, 0.717) is 0 Å². The van der Waals surface area contributed by atoms with Crippen molar-refractivity contribution in [3.63, 3.8) is 0 Å². The minimum atomic E-state index is -4.75. The predicted molar refractivity (Wildman–Crippen MR) is 76.6 cm³/mol. The first-order valence-corrected chi connectivity index (χ1v) is 7.26. The van der Waals surface area contributed by atoms with Gasteiger partial charge in [0.15, 0.2) is 11.7 Å². The van der Waals surface area contributed by atoms with Gasteiger partial charge in [-0.25, -0.2) is 9.18 Å². The van der Waals surface area contributed by atoms with Crippen LogP contribution in [0, 0.1) is 18.7 Å². The molecule has 1 saturated heterocycles. The van der Waals surface area contributed by atoms with Crippen molar-refractivity contribution in [1.82, 2.24) is 0 Å². The molecule has 2 rings (SSSR count). The molecule has 0 unspecified atom stereocenters. The maximum atomic E-state index is 13.7. The van der Waals surface area contributed by atoms with Crippen LogP contribution < -0.4 is 4.74 Å². The quantitative estimate of drug-likeness (QED) is 0.845. The number of hydrogen-bond donors (Lipinski definition) is 1. The molecule has 1 aromatic rings. The number of carboxylic acids is 1. The van der Waals surface area contributed by atoms with Crippen molar-refractivity contribution in [2.75, 3.05) is 7.11 Å². The molecule has 8 heteroatoms. The maximum absolute atomic E-state index is 13.7. The molecule has 134 valence electrons. The first kappa shape index (κ1) is 18.5. The number of carbonyl (C=O) groups is 1. The van der Waals surface area contributed by atoms with Crippen molar-refractivity contribution >= 4 is 5.97 Å². The summed E-state index contributed by atoms with van der Waals surface area (Å²) in [6, 6.07) is 2.34. The van der Waals surface area contributed by atoms with Gasteiger partial charge in [-0.05, 0) is 19.9 Å². The zero-order chi connectivity index (χ0) is 18.4. The number of halogens is 4. The predicted octanol–water partition coefficient (Wildman–Crippen LogP) is 3.67. The minimum Gasteiger partial charge on any atom is -0.496 e. The number of hydrogen-bond acceptors (Lipinski definition) is 3. The fourth-order valence-corrected chi connectivity index (χ4v) is 3.23. The largest absolute Gasteiger partial charge is 0.496 e. The van der Waals surface area contributed by atoms with Crippen LogP contribution in [-0.2, 0) is 9.53 Å². The third kappa shape index (κ3) is 2.62. The first-order chi connectivity index (χ1) is 11.0. The van der Waals surface area contributed by atoms with Crippen molar-refractivity contribution in [3.05, 3.63) is 29.1 Å². The van der Waals surface area contributed by atoms with Crippen molar-refractivity contribution in [2.45, 2.75) is 44.6 Å². The van der Waals surface area contributed by atoms with Gasteiger partial charge in [0.25, 0.3) is 0 Å². The van der Waals surface area contributed by atoms with Crippen LogP contribution in [0.2, 0.25) is 0 Å². The number of methoxy groups -OCH3 is 1. The molecule has 1 aliphatic rings. The molecule has 0 amide bonds. The monoisotopic (exact) mass is 350 g/mol. The average molecular weight is 350 g/mol. The SMILES string of the molecule is COc1c([C@H]2[C@@H](C(=O)O)O[C@@](C)(C(F)(F)F)[C@H]2C)ccc(F)c1C. The Morgan fingerprint density at radius 2 is 1.96 bits per heavy atom. The van der Waals surface area contributed by atoms with Crippen LogP contribution in [0.3, 0.4) is 0 Å². The van der Waals surface area contributed by atoms with Crippen LogP contribution in [0.15, 0.2) is 12.1 Å². The van der Waals surface area contributed by atoms with E-state index < -0.39 is 41.5 Å². The maximum Gasteiger partial charge on any atom is 0.417 e. The number of carboxylic acid groups (broad SMARTS) is 1. The Kier molecular flexibility index (Phi) is 4.56. The Balaban J connectivity index is 2.64. The lowest BCUT2D eigenvalue weighted by atomic mass is 9.76. The third-order valence-corrected chi connectivity index (χ3v) is 4.85. The molecular weight excluding hydrogens is 332 g/mol. The van der Waals surface area contributed by atoms with Crippen LogP contribution in [0.25, 0.3) is 0 Å². The lowest BCUT2D eigenvalue weighted by molar-refractivity contribution is -0.273. The highest BCUT2D eigenvalue weighted by molar-refractivity contribution is 5.75. The van der Waals surface area contributed by atoms with Crippen molar-refractivity contribution < 1.29 is 36.9 Å². The summed E-state index contributed by atoms with van der Waals surface area (Å²) >= 11 is 0. The smallest absolute Gasteiger partial charge is 0.417 e. The summed E-state index contributed by atoms with van der Waals surface area (Å²) in [5.41, 5.74) is -2.34. The lowest BCUT2D eigenvalue weighted by Crippen LogP contribution is -2.47. The van der Waals surface area contributed by atoms with Crippen LogP contribution in [-0.4, -0.2) is 36.1 Å². The van der Waals surface area contributed by atoms with Gasteiger partial charge in [0.1, 0.15) is 11.6 Å². The Morgan fingerprint density at radius 3 is 2.42 bits per heavy atom. The summed E-state index contributed by atoms with van der Waals surface area (Å²) in [6.07, 6.45) is -6.47. The minimum absolute atomic E-state index is 0.0353. The molecule has 0 aliphatic carbocycles. The number of benzene rings is 1. The van der Waals surface area contributed by atoms with Gasteiger partial charge in [-0.15, -0.1) is 0 Å². The number of rotatable bonds is 3. The second kappa shape index (κ2) is 5.91. The highest BCUT2D eigenvalue weighted by atomic mass is 19.4. The summed E-state index contributed by atoms with van der Waals surface area (Å²) in [5.74, 6) is -4.41. The van der Waals surface area contributed by atoms with E-state index >= 15 is 0 Å². The average Bonchev–Trinajstić information content (AvgIpc) is 2.75. The molecule has 1 aromatic carbocycles. The van der Waals surface area contributed by atoms with E-state index in [-0.39, 0.29) is 16.9 Å². The molecule has 1 heterocycles. The van der Waals surface area contributed by atoms with Gasteiger partial charge in [-0.3, -0.25) is 0 Å².